The average molecular weight is 213 g/mol. The summed E-state index contributed by atoms with van der Waals surface area (Å²) in [7, 11) is 0. The minimum atomic E-state index is -0.629. The van der Waals surface area contributed by atoms with Crippen LogP contribution in [0.3, 0.4) is 0 Å². The van der Waals surface area contributed by atoms with Crippen molar-refractivity contribution in [2.24, 2.45) is 0 Å². The zero-order valence-corrected chi connectivity index (χ0v) is 7.64. The van der Waals surface area contributed by atoms with Crippen LogP contribution in [0.5, 0.6) is 0 Å². The van der Waals surface area contributed by atoms with Crippen molar-refractivity contribution in [1.29, 1.82) is 0 Å². The van der Waals surface area contributed by atoms with Crippen LogP contribution in [-0.2, 0) is 6.67 Å². The highest BCUT2D eigenvalue weighted by molar-refractivity contribution is 6.48. The Morgan fingerprint density at radius 2 is 1.73 bits per heavy atom. The third kappa shape index (κ3) is 1.78. The van der Waals surface area contributed by atoms with E-state index >= 15 is 0 Å². The first-order valence-corrected chi connectivity index (χ1v) is 3.98. The van der Waals surface area contributed by atoms with Gasteiger partial charge in [0.05, 0.1) is 15.1 Å². The van der Waals surface area contributed by atoms with Crippen LogP contribution in [0.2, 0.25) is 15.1 Å². The molecule has 0 saturated carbocycles. The van der Waals surface area contributed by atoms with Crippen LogP contribution in [0, 0.1) is 0 Å². The second-order valence-electron chi connectivity index (χ2n) is 1.97. The van der Waals surface area contributed by atoms with Crippen LogP contribution in [0.4, 0.5) is 4.39 Å². The largest absolute Gasteiger partial charge is 0.246 e. The van der Waals surface area contributed by atoms with Gasteiger partial charge in [0.1, 0.15) is 6.67 Å². The molecule has 0 atom stereocenters. The fourth-order valence-corrected chi connectivity index (χ4v) is 1.27. The Kier molecular flexibility index (Phi) is 2.99. The summed E-state index contributed by atoms with van der Waals surface area (Å²) in [5, 5.41) is 0.749. The van der Waals surface area contributed by atoms with Crippen molar-refractivity contribution in [3.63, 3.8) is 0 Å². The molecule has 0 aliphatic heterocycles. The molecular formula is C7H4Cl3F. The molecule has 0 aliphatic rings. The summed E-state index contributed by atoms with van der Waals surface area (Å²) in [6.07, 6.45) is 0. The standard InChI is InChI=1S/C7H4Cl3F/c8-5-2-1-4(3-11)6(9)7(5)10/h1-2H,3H2. The Morgan fingerprint density at radius 3 is 2.27 bits per heavy atom. The van der Waals surface area contributed by atoms with Crippen LogP contribution < -0.4 is 0 Å². The van der Waals surface area contributed by atoms with E-state index in [2.05, 4.69) is 0 Å². The summed E-state index contributed by atoms with van der Waals surface area (Å²) in [5.41, 5.74) is 0.362. The molecule has 0 unspecified atom stereocenters. The smallest absolute Gasteiger partial charge is 0.116 e. The second-order valence-corrected chi connectivity index (χ2v) is 3.13. The molecule has 0 aromatic heterocycles. The summed E-state index contributed by atoms with van der Waals surface area (Å²) in [5.74, 6) is 0. The SMILES string of the molecule is FCc1ccc(Cl)c(Cl)c1Cl. The van der Waals surface area contributed by atoms with E-state index in [9.17, 15) is 4.39 Å². The molecule has 1 rings (SSSR count). The van der Waals surface area contributed by atoms with Gasteiger partial charge >= 0.3 is 0 Å². The molecule has 0 amide bonds. The molecule has 0 spiro atoms. The molecule has 4 heteroatoms. The molecule has 0 saturated heterocycles. The first-order chi connectivity index (χ1) is 5.16. The van der Waals surface area contributed by atoms with Gasteiger partial charge in [0.15, 0.2) is 0 Å². The van der Waals surface area contributed by atoms with E-state index < -0.39 is 6.67 Å². The Morgan fingerprint density at radius 1 is 1.09 bits per heavy atom. The lowest BCUT2D eigenvalue weighted by atomic mass is 10.2. The van der Waals surface area contributed by atoms with E-state index in [1.807, 2.05) is 0 Å². The minimum absolute atomic E-state index is 0.196. The van der Waals surface area contributed by atoms with Gasteiger partial charge in [-0.2, -0.15) is 0 Å². The number of hydrogen-bond acceptors (Lipinski definition) is 0. The van der Waals surface area contributed by atoms with E-state index in [0.29, 0.717) is 10.6 Å². The maximum atomic E-state index is 12.1. The number of rotatable bonds is 1. The fraction of sp³-hybridized carbons (Fsp3) is 0.143. The van der Waals surface area contributed by atoms with E-state index in [0.717, 1.165) is 0 Å². The maximum Gasteiger partial charge on any atom is 0.116 e. The van der Waals surface area contributed by atoms with Gasteiger partial charge in [0.25, 0.3) is 0 Å². The lowest BCUT2D eigenvalue weighted by molar-refractivity contribution is 0.485. The summed E-state index contributed by atoms with van der Waals surface area (Å²) in [6, 6.07) is 3.03. The van der Waals surface area contributed by atoms with Crippen LogP contribution in [0.15, 0.2) is 12.1 Å². The number of hydrogen-bond donors (Lipinski definition) is 0. The zero-order valence-electron chi connectivity index (χ0n) is 5.37. The fourth-order valence-electron chi connectivity index (χ4n) is 0.669. The van der Waals surface area contributed by atoms with Gasteiger partial charge in [-0.1, -0.05) is 40.9 Å². The van der Waals surface area contributed by atoms with Crippen LogP contribution in [0.1, 0.15) is 5.56 Å². The van der Waals surface area contributed by atoms with Crippen molar-refractivity contribution in [1.82, 2.24) is 0 Å². The molecular weight excluding hydrogens is 209 g/mol. The van der Waals surface area contributed by atoms with Crippen molar-refractivity contribution >= 4 is 34.8 Å². The van der Waals surface area contributed by atoms with Gasteiger partial charge < -0.3 is 0 Å². The Bertz CT molecular complexity index is 273. The Hall–Kier alpha value is 0.0200. The lowest BCUT2D eigenvalue weighted by Gasteiger charge is -2.01. The maximum absolute atomic E-state index is 12.1. The summed E-state index contributed by atoms with van der Waals surface area (Å²) in [4.78, 5) is 0. The van der Waals surface area contributed by atoms with Crippen LogP contribution in [-0.4, -0.2) is 0 Å². The predicted molar refractivity (Wildman–Crippen MR) is 46.3 cm³/mol. The van der Waals surface area contributed by atoms with Crippen molar-refractivity contribution in [2.75, 3.05) is 0 Å². The van der Waals surface area contributed by atoms with Crippen LogP contribution >= 0.6 is 34.8 Å². The lowest BCUT2D eigenvalue weighted by Crippen LogP contribution is -1.81. The molecule has 0 nitrogen and oxygen atoms in total. The van der Waals surface area contributed by atoms with E-state index in [1.54, 1.807) is 0 Å². The van der Waals surface area contributed by atoms with Crippen molar-refractivity contribution in [3.8, 4) is 0 Å². The Labute approximate surface area is 78.9 Å². The first-order valence-electron chi connectivity index (χ1n) is 2.85. The summed E-state index contributed by atoms with van der Waals surface area (Å²) >= 11 is 16.9. The highest BCUT2D eigenvalue weighted by Gasteiger charge is 2.07. The highest BCUT2D eigenvalue weighted by atomic mass is 35.5. The summed E-state index contributed by atoms with van der Waals surface area (Å²) < 4.78 is 12.1. The molecule has 11 heavy (non-hydrogen) atoms. The van der Waals surface area contributed by atoms with Gasteiger partial charge in [0, 0.05) is 5.56 Å². The molecule has 0 radical (unpaired) electrons. The number of benzene rings is 1. The van der Waals surface area contributed by atoms with Crippen LogP contribution in [0.25, 0.3) is 0 Å². The molecule has 1 aromatic carbocycles. The van der Waals surface area contributed by atoms with Crippen molar-refractivity contribution in [3.05, 3.63) is 32.8 Å². The molecule has 0 N–H and O–H groups in total. The quantitative estimate of drug-likeness (QED) is 0.616. The molecule has 1 aromatic rings. The third-order valence-electron chi connectivity index (χ3n) is 1.26. The summed E-state index contributed by atoms with van der Waals surface area (Å²) in [6.45, 7) is -0.629. The third-order valence-corrected chi connectivity index (χ3v) is 2.59. The second kappa shape index (κ2) is 3.61. The molecule has 0 fully saturated rings. The normalized spacial score (nSPS) is 10.2. The topological polar surface area (TPSA) is 0 Å². The molecule has 0 heterocycles. The monoisotopic (exact) mass is 212 g/mol. The van der Waals surface area contributed by atoms with Crippen molar-refractivity contribution in [2.45, 2.75) is 6.67 Å². The van der Waals surface area contributed by atoms with Gasteiger partial charge in [0.2, 0.25) is 0 Å². The Balaban J connectivity index is 3.25. The van der Waals surface area contributed by atoms with Gasteiger partial charge in [-0.3, -0.25) is 0 Å². The number of alkyl halides is 1. The van der Waals surface area contributed by atoms with E-state index in [4.69, 9.17) is 34.8 Å². The van der Waals surface area contributed by atoms with E-state index in [-0.39, 0.29) is 10.0 Å². The average Bonchev–Trinajstić information content (AvgIpc) is 2.01. The first kappa shape index (κ1) is 9.11. The molecule has 60 valence electrons. The zero-order chi connectivity index (χ0) is 8.43. The van der Waals surface area contributed by atoms with Gasteiger partial charge in [-0.25, -0.2) is 4.39 Å². The van der Waals surface area contributed by atoms with Gasteiger partial charge in [-0.15, -0.1) is 0 Å². The van der Waals surface area contributed by atoms with Gasteiger partial charge in [-0.05, 0) is 6.07 Å². The predicted octanol–water partition coefficient (Wildman–Crippen LogP) is 4.12. The molecule has 0 bridgehead atoms. The molecule has 0 aliphatic carbocycles. The number of halogens is 4. The minimum Gasteiger partial charge on any atom is -0.246 e. The van der Waals surface area contributed by atoms with Crippen molar-refractivity contribution < 1.29 is 4.39 Å². The highest BCUT2D eigenvalue weighted by Crippen LogP contribution is 2.32. The van der Waals surface area contributed by atoms with E-state index in [1.165, 1.54) is 12.1 Å².